The van der Waals surface area contributed by atoms with Crippen molar-refractivity contribution in [3.8, 4) is 0 Å². The number of aliphatic hydroxyl groups is 1. The first-order valence-corrected chi connectivity index (χ1v) is 4.98. The van der Waals surface area contributed by atoms with E-state index in [4.69, 9.17) is 4.74 Å². The minimum atomic E-state index is -0.267. The van der Waals surface area contributed by atoms with Crippen molar-refractivity contribution in [2.24, 2.45) is 17.8 Å². The van der Waals surface area contributed by atoms with Gasteiger partial charge in [0, 0.05) is 0 Å². The molecule has 4 atom stereocenters. The minimum absolute atomic E-state index is 0.0347. The molecule has 0 aromatic heterocycles. The monoisotopic (exact) mass is 184 g/mol. The van der Waals surface area contributed by atoms with Crippen LogP contribution in [0, 0.1) is 17.8 Å². The second kappa shape index (κ2) is 3.29. The van der Waals surface area contributed by atoms with Crippen LogP contribution in [-0.2, 0) is 9.53 Å². The van der Waals surface area contributed by atoms with Crippen LogP contribution < -0.4 is 0 Å². The molecule has 3 rings (SSSR count). The normalized spacial score (nSPS) is 43.2. The molecule has 0 aromatic rings. The van der Waals surface area contributed by atoms with Crippen LogP contribution >= 0.6 is 0 Å². The van der Waals surface area contributed by atoms with Gasteiger partial charge in [0.05, 0.1) is 19.1 Å². The van der Waals surface area contributed by atoms with Crippen molar-refractivity contribution in [2.75, 3.05) is 7.11 Å². The van der Waals surface area contributed by atoms with E-state index >= 15 is 0 Å². The van der Waals surface area contributed by atoms with Crippen molar-refractivity contribution >= 4 is 5.97 Å². The Hall–Kier alpha value is -0.570. The number of carbonyl (C=O) groups is 1. The second-order valence-electron chi connectivity index (χ2n) is 4.28. The first kappa shape index (κ1) is 9.00. The van der Waals surface area contributed by atoms with E-state index in [1.165, 1.54) is 13.5 Å². The van der Waals surface area contributed by atoms with Crippen LogP contribution in [0.15, 0.2) is 0 Å². The molecule has 0 heterocycles. The van der Waals surface area contributed by atoms with E-state index in [1.54, 1.807) is 0 Å². The molecule has 0 saturated heterocycles. The van der Waals surface area contributed by atoms with E-state index < -0.39 is 0 Å². The van der Waals surface area contributed by atoms with Crippen molar-refractivity contribution in [1.82, 2.24) is 0 Å². The fraction of sp³-hybridized carbons (Fsp3) is 0.900. The van der Waals surface area contributed by atoms with E-state index in [9.17, 15) is 9.90 Å². The fourth-order valence-electron chi connectivity index (χ4n) is 2.89. The van der Waals surface area contributed by atoms with Gasteiger partial charge in [-0.25, -0.2) is 0 Å². The Kier molecular flexibility index (Phi) is 2.28. The summed E-state index contributed by atoms with van der Waals surface area (Å²) >= 11 is 0. The van der Waals surface area contributed by atoms with Crippen molar-refractivity contribution in [1.29, 1.82) is 0 Å². The lowest BCUT2D eigenvalue weighted by molar-refractivity contribution is -0.156. The molecule has 74 valence electrons. The zero-order valence-electron chi connectivity index (χ0n) is 7.90. The molecule has 0 amide bonds. The summed E-state index contributed by atoms with van der Waals surface area (Å²) < 4.78 is 4.74. The van der Waals surface area contributed by atoms with Gasteiger partial charge in [-0.2, -0.15) is 0 Å². The quantitative estimate of drug-likeness (QED) is 0.617. The molecule has 3 nitrogen and oxygen atoms in total. The van der Waals surface area contributed by atoms with E-state index in [-0.39, 0.29) is 23.9 Å². The molecule has 3 saturated carbocycles. The third-order valence-corrected chi connectivity index (χ3v) is 3.59. The van der Waals surface area contributed by atoms with Crippen molar-refractivity contribution in [3.05, 3.63) is 0 Å². The summed E-state index contributed by atoms with van der Waals surface area (Å²) in [5, 5.41) is 9.71. The van der Waals surface area contributed by atoms with E-state index in [1.807, 2.05) is 0 Å². The minimum Gasteiger partial charge on any atom is -0.469 e. The van der Waals surface area contributed by atoms with Gasteiger partial charge in [-0.15, -0.1) is 0 Å². The van der Waals surface area contributed by atoms with Crippen molar-refractivity contribution in [2.45, 2.75) is 31.8 Å². The lowest BCUT2D eigenvalue weighted by Gasteiger charge is -2.44. The predicted octanol–water partition coefficient (Wildman–Crippen LogP) is 0.956. The molecule has 0 radical (unpaired) electrons. The molecule has 3 fully saturated rings. The summed E-state index contributed by atoms with van der Waals surface area (Å²) in [4.78, 5) is 11.4. The van der Waals surface area contributed by atoms with E-state index in [2.05, 4.69) is 0 Å². The van der Waals surface area contributed by atoms with Gasteiger partial charge in [-0.3, -0.25) is 4.79 Å². The Morgan fingerprint density at radius 1 is 1.38 bits per heavy atom. The van der Waals surface area contributed by atoms with E-state index in [0.717, 1.165) is 19.3 Å². The number of hydrogen-bond donors (Lipinski definition) is 1. The van der Waals surface area contributed by atoms with Crippen LogP contribution in [0.4, 0.5) is 0 Å². The third kappa shape index (κ3) is 1.46. The van der Waals surface area contributed by atoms with Gasteiger partial charge < -0.3 is 9.84 Å². The molecule has 3 aliphatic rings. The van der Waals surface area contributed by atoms with Crippen LogP contribution in [0.25, 0.3) is 0 Å². The molecule has 3 aliphatic carbocycles. The molecule has 0 unspecified atom stereocenters. The van der Waals surface area contributed by atoms with Gasteiger partial charge >= 0.3 is 5.97 Å². The Morgan fingerprint density at radius 3 is 2.69 bits per heavy atom. The molecule has 3 heteroatoms. The lowest BCUT2D eigenvalue weighted by Crippen LogP contribution is -2.44. The summed E-state index contributed by atoms with van der Waals surface area (Å²) in [5.41, 5.74) is 0. The first-order chi connectivity index (χ1) is 6.22. The largest absolute Gasteiger partial charge is 0.469 e. The number of aliphatic hydroxyl groups excluding tert-OH is 1. The highest BCUT2D eigenvalue weighted by Gasteiger charge is 2.44. The molecule has 1 N–H and O–H groups in total. The maximum Gasteiger partial charge on any atom is 0.309 e. The maximum absolute atomic E-state index is 11.4. The maximum atomic E-state index is 11.4. The number of hydrogen-bond acceptors (Lipinski definition) is 3. The van der Waals surface area contributed by atoms with Crippen LogP contribution in [-0.4, -0.2) is 24.3 Å². The Labute approximate surface area is 78.1 Å². The fourth-order valence-corrected chi connectivity index (χ4v) is 2.89. The van der Waals surface area contributed by atoms with Crippen LogP contribution in [0.1, 0.15) is 25.7 Å². The summed E-state index contributed by atoms with van der Waals surface area (Å²) in [6.07, 6.45) is 3.71. The van der Waals surface area contributed by atoms with Crippen LogP contribution in [0.2, 0.25) is 0 Å². The molecule has 2 bridgehead atoms. The Morgan fingerprint density at radius 2 is 2.15 bits per heavy atom. The first-order valence-electron chi connectivity index (χ1n) is 4.98. The molecular formula is C10H16O3. The molecule has 0 aliphatic heterocycles. The molecule has 13 heavy (non-hydrogen) atoms. The smallest absolute Gasteiger partial charge is 0.309 e. The predicted molar refractivity (Wildman–Crippen MR) is 47.0 cm³/mol. The number of rotatable bonds is 1. The number of methoxy groups -OCH3 is 1. The SMILES string of the molecule is COC(=O)[C@H]1C[C@@H]2CC[C@@H]1[C@@H](O)C2. The van der Waals surface area contributed by atoms with Crippen molar-refractivity contribution < 1.29 is 14.6 Å². The Bertz CT molecular complexity index is 214. The van der Waals surface area contributed by atoms with Gasteiger partial charge in [0.15, 0.2) is 0 Å². The Balaban J connectivity index is 2.10. The van der Waals surface area contributed by atoms with Gasteiger partial charge in [0.2, 0.25) is 0 Å². The zero-order chi connectivity index (χ0) is 9.42. The molecular weight excluding hydrogens is 168 g/mol. The van der Waals surface area contributed by atoms with Crippen LogP contribution in [0.3, 0.4) is 0 Å². The third-order valence-electron chi connectivity index (χ3n) is 3.59. The number of ether oxygens (including phenoxy) is 1. The average Bonchev–Trinajstić information content (AvgIpc) is 2.17. The highest BCUT2D eigenvalue weighted by molar-refractivity contribution is 5.73. The number of esters is 1. The topological polar surface area (TPSA) is 46.5 Å². The molecule has 0 aromatic carbocycles. The summed E-state index contributed by atoms with van der Waals surface area (Å²) in [5.74, 6) is 0.544. The van der Waals surface area contributed by atoms with Gasteiger partial charge in [0.1, 0.15) is 0 Å². The van der Waals surface area contributed by atoms with Crippen LogP contribution in [0.5, 0.6) is 0 Å². The van der Waals surface area contributed by atoms with E-state index in [0.29, 0.717) is 5.92 Å². The zero-order valence-corrected chi connectivity index (χ0v) is 7.90. The average molecular weight is 184 g/mol. The highest BCUT2D eigenvalue weighted by Crippen LogP contribution is 2.45. The van der Waals surface area contributed by atoms with Gasteiger partial charge in [0.25, 0.3) is 0 Å². The summed E-state index contributed by atoms with van der Waals surface area (Å²) in [7, 11) is 1.43. The number of carbonyl (C=O) groups excluding carboxylic acids is 1. The van der Waals surface area contributed by atoms with Gasteiger partial charge in [-0.05, 0) is 37.5 Å². The highest BCUT2D eigenvalue weighted by atomic mass is 16.5. The van der Waals surface area contributed by atoms with Crippen molar-refractivity contribution in [3.63, 3.8) is 0 Å². The second-order valence-corrected chi connectivity index (χ2v) is 4.28. The summed E-state index contributed by atoms with van der Waals surface area (Å²) in [6.45, 7) is 0. The number of fused-ring (bicyclic) bond motifs is 3. The standard InChI is InChI=1S/C10H16O3/c1-13-10(12)8-4-6-2-3-7(8)9(11)5-6/h6-9,11H,2-5H2,1H3/t6-,7-,8-,9-/m0/s1. The van der Waals surface area contributed by atoms with Gasteiger partial charge in [-0.1, -0.05) is 0 Å². The molecule has 0 spiro atoms. The summed E-state index contributed by atoms with van der Waals surface area (Å²) in [6, 6.07) is 0. The lowest BCUT2D eigenvalue weighted by atomic mass is 9.63.